The number of hydrogen-bond donors (Lipinski definition) is 0. The van der Waals surface area contributed by atoms with Gasteiger partial charge in [-0.25, -0.2) is 4.79 Å². The van der Waals surface area contributed by atoms with Crippen molar-refractivity contribution in [3.05, 3.63) is 35.9 Å². The molecule has 1 fully saturated rings. The van der Waals surface area contributed by atoms with Gasteiger partial charge < -0.3 is 9.64 Å². The number of hydrogen-bond acceptors (Lipinski definition) is 3. The maximum atomic E-state index is 12.3. The minimum absolute atomic E-state index is 0.0915. The fraction of sp³-hybridized carbons (Fsp3) is 0.429. The van der Waals surface area contributed by atoms with Crippen molar-refractivity contribution in [1.29, 1.82) is 0 Å². The van der Waals surface area contributed by atoms with Crippen LogP contribution in [0.4, 0.5) is 0 Å². The van der Waals surface area contributed by atoms with Crippen LogP contribution >= 0.6 is 0 Å². The van der Waals surface area contributed by atoms with E-state index in [2.05, 4.69) is 0 Å². The van der Waals surface area contributed by atoms with Crippen molar-refractivity contribution in [3.63, 3.8) is 0 Å². The Hall–Kier alpha value is -1.84. The number of likely N-dealkylation sites (tertiary alicyclic amines) is 1. The van der Waals surface area contributed by atoms with Crippen molar-refractivity contribution in [2.75, 3.05) is 13.2 Å². The molecular weight excluding hydrogens is 230 g/mol. The van der Waals surface area contributed by atoms with E-state index in [-0.39, 0.29) is 11.9 Å². The van der Waals surface area contributed by atoms with Gasteiger partial charge in [-0.3, -0.25) is 4.79 Å². The fourth-order valence-corrected chi connectivity index (χ4v) is 2.24. The van der Waals surface area contributed by atoms with E-state index >= 15 is 0 Å². The van der Waals surface area contributed by atoms with Gasteiger partial charge in [0.15, 0.2) is 0 Å². The summed E-state index contributed by atoms with van der Waals surface area (Å²) < 4.78 is 5.01. The summed E-state index contributed by atoms with van der Waals surface area (Å²) >= 11 is 0. The summed E-state index contributed by atoms with van der Waals surface area (Å²) in [5.74, 6) is -0.384. The normalized spacial score (nSPS) is 18.7. The number of amides is 1. The maximum absolute atomic E-state index is 12.3. The van der Waals surface area contributed by atoms with Crippen LogP contribution < -0.4 is 0 Å². The third-order valence-corrected chi connectivity index (χ3v) is 3.09. The molecule has 1 heterocycles. The highest BCUT2D eigenvalue weighted by Crippen LogP contribution is 2.21. The van der Waals surface area contributed by atoms with E-state index in [1.54, 1.807) is 24.0 Å². The topological polar surface area (TPSA) is 46.6 Å². The van der Waals surface area contributed by atoms with E-state index in [1.807, 2.05) is 18.2 Å². The van der Waals surface area contributed by atoms with Gasteiger partial charge in [-0.15, -0.1) is 0 Å². The predicted molar refractivity (Wildman–Crippen MR) is 67.1 cm³/mol. The van der Waals surface area contributed by atoms with Crippen molar-refractivity contribution in [2.45, 2.75) is 25.8 Å². The number of benzene rings is 1. The Morgan fingerprint density at radius 3 is 2.72 bits per heavy atom. The van der Waals surface area contributed by atoms with Crippen LogP contribution in [-0.4, -0.2) is 36.0 Å². The van der Waals surface area contributed by atoms with Gasteiger partial charge in [0.1, 0.15) is 6.04 Å². The smallest absolute Gasteiger partial charge is 0.328 e. The average Bonchev–Trinajstić information content (AvgIpc) is 2.88. The molecule has 4 nitrogen and oxygen atoms in total. The molecule has 4 heteroatoms. The second-order valence-electron chi connectivity index (χ2n) is 4.27. The first kappa shape index (κ1) is 12.6. The minimum Gasteiger partial charge on any atom is -0.464 e. The van der Waals surface area contributed by atoms with E-state index in [0.717, 1.165) is 6.42 Å². The van der Waals surface area contributed by atoms with Crippen LogP contribution in [0.3, 0.4) is 0 Å². The van der Waals surface area contributed by atoms with Crippen LogP contribution in [0.15, 0.2) is 30.3 Å². The Bertz CT molecular complexity index is 430. The fourth-order valence-electron chi connectivity index (χ4n) is 2.24. The second kappa shape index (κ2) is 5.67. The van der Waals surface area contributed by atoms with Gasteiger partial charge in [-0.1, -0.05) is 18.2 Å². The van der Waals surface area contributed by atoms with Crippen molar-refractivity contribution >= 4 is 11.9 Å². The van der Waals surface area contributed by atoms with Crippen molar-refractivity contribution < 1.29 is 14.3 Å². The standard InChI is InChI=1S/C14H17NO3/c1-2-18-14(17)12-9-6-10-15(12)13(16)11-7-4-3-5-8-11/h3-5,7-8,12H,2,6,9-10H2,1H3. The van der Waals surface area contributed by atoms with Crippen LogP contribution in [0, 0.1) is 0 Å². The van der Waals surface area contributed by atoms with E-state index < -0.39 is 6.04 Å². The zero-order chi connectivity index (χ0) is 13.0. The number of nitrogens with zero attached hydrogens (tertiary/aromatic N) is 1. The number of carbonyl (C=O) groups is 2. The molecule has 0 N–H and O–H groups in total. The quantitative estimate of drug-likeness (QED) is 0.766. The minimum atomic E-state index is -0.419. The highest BCUT2D eigenvalue weighted by molar-refractivity contribution is 5.97. The zero-order valence-corrected chi connectivity index (χ0v) is 10.5. The molecule has 1 amide bonds. The van der Waals surface area contributed by atoms with Gasteiger partial charge in [-0.2, -0.15) is 0 Å². The summed E-state index contributed by atoms with van der Waals surface area (Å²) in [6.45, 7) is 2.75. The summed E-state index contributed by atoms with van der Waals surface area (Å²) in [6, 6.07) is 8.62. The molecule has 0 bridgehead atoms. The lowest BCUT2D eigenvalue weighted by Crippen LogP contribution is -2.41. The number of esters is 1. The summed E-state index contributed by atoms with van der Waals surface area (Å²) in [5, 5.41) is 0. The molecule has 1 aliphatic rings. The van der Waals surface area contributed by atoms with Gasteiger partial charge in [0.2, 0.25) is 0 Å². The van der Waals surface area contributed by atoms with E-state index in [0.29, 0.717) is 25.1 Å². The van der Waals surface area contributed by atoms with E-state index in [4.69, 9.17) is 4.74 Å². The van der Waals surface area contributed by atoms with Crippen molar-refractivity contribution in [2.24, 2.45) is 0 Å². The van der Waals surface area contributed by atoms with Gasteiger partial charge in [0.25, 0.3) is 5.91 Å². The first-order chi connectivity index (χ1) is 8.74. The Kier molecular flexibility index (Phi) is 3.97. The van der Waals surface area contributed by atoms with Crippen molar-refractivity contribution in [1.82, 2.24) is 4.90 Å². The van der Waals surface area contributed by atoms with Gasteiger partial charge in [0, 0.05) is 12.1 Å². The molecule has 1 atom stereocenters. The molecule has 0 aliphatic carbocycles. The second-order valence-corrected chi connectivity index (χ2v) is 4.27. The van der Waals surface area contributed by atoms with Gasteiger partial charge in [-0.05, 0) is 31.9 Å². The molecule has 18 heavy (non-hydrogen) atoms. The van der Waals surface area contributed by atoms with E-state index in [9.17, 15) is 9.59 Å². The highest BCUT2D eigenvalue weighted by Gasteiger charge is 2.35. The molecule has 2 rings (SSSR count). The number of rotatable bonds is 3. The molecule has 1 aliphatic heterocycles. The lowest BCUT2D eigenvalue weighted by Gasteiger charge is -2.23. The van der Waals surface area contributed by atoms with Crippen molar-refractivity contribution in [3.8, 4) is 0 Å². The maximum Gasteiger partial charge on any atom is 0.328 e. The zero-order valence-electron chi connectivity index (χ0n) is 10.5. The monoisotopic (exact) mass is 247 g/mol. The summed E-state index contributed by atoms with van der Waals surface area (Å²) in [4.78, 5) is 25.7. The Morgan fingerprint density at radius 2 is 2.06 bits per heavy atom. The first-order valence-electron chi connectivity index (χ1n) is 6.26. The molecule has 0 aromatic heterocycles. The van der Waals surface area contributed by atoms with E-state index in [1.165, 1.54) is 0 Å². The van der Waals surface area contributed by atoms with Gasteiger partial charge in [0.05, 0.1) is 6.61 Å². The SMILES string of the molecule is CCOC(=O)C1CCCN1C(=O)c1ccccc1. The number of ether oxygens (including phenoxy) is 1. The van der Waals surface area contributed by atoms with Crippen LogP contribution in [0.2, 0.25) is 0 Å². The van der Waals surface area contributed by atoms with Crippen LogP contribution in [0.1, 0.15) is 30.1 Å². The largest absolute Gasteiger partial charge is 0.464 e. The lowest BCUT2D eigenvalue weighted by molar-refractivity contribution is -0.147. The average molecular weight is 247 g/mol. The Balaban J connectivity index is 2.12. The highest BCUT2D eigenvalue weighted by atomic mass is 16.5. The Morgan fingerprint density at radius 1 is 1.33 bits per heavy atom. The molecule has 1 unspecified atom stereocenters. The molecule has 0 saturated carbocycles. The van der Waals surface area contributed by atoms with Crippen LogP contribution in [0.5, 0.6) is 0 Å². The van der Waals surface area contributed by atoms with Crippen LogP contribution in [0.25, 0.3) is 0 Å². The summed E-state index contributed by atoms with van der Waals surface area (Å²) in [7, 11) is 0. The number of carbonyl (C=O) groups excluding carboxylic acids is 2. The lowest BCUT2D eigenvalue weighted by atomic mass is 10.1. The molecule has 0 radical (unpaired) electrons. The molecule has 1 aromatic carbocycles. The molecular formula is C14H17NO3. The third-order valence-electron chi connectivity index (χ3n) is 3.09. The molecule has 1 saturated heterocycles. The van der Waals surface area contributed by atoms with Crippen LogP contribution in [-0.2, 0) is 9.53 Å². The molecule has 96 valence electrons. The van der Waals surface area contributed by atoms with Gasteiger partial charge >= 0.3 is 5.97 Å². The first-order valence-corrected chi connectivity index (χ1v) is 6.26. The molecule has 0 spiro atoms. The summed E-state index contributed by atoms with van der Waals surface area (Å²) in [5.41, 5.74) is 0.619. The predicted octanol–water partition coefficient (Wildman–Crippen LogP) is 1.85. The third kappa shape index (κ3) is 2.53. The molecule has 1 aromatic rings. The Labute approximate surface area is 107 Å². The summed E-state index contributed by atoms with van der Waals surface area (Å²) in [6.07, 6.45) is 1.54.